The maximum atomic E-state index is 13.1. The topological polar surface area (TPSA) is 104 Å². The Hall–Kier alpha value is -1.50. The van der Waals surface area contributed by atoms with Crippen molar-refractivity contribution in [3.8, 4) is 0 Å². The fourth-order valence-corrected chi connectivity index (χ4v) is 8.43. The van der Waals surface area contributed by atoms with Crippen LogP contribution in [0.1, 0.15) is 112 Å². The molecule has 0 aromatic heterocycles. The SMILES string of the molecule is CCCCCCCCCCCC(=O)O[C@@]12C[C@H](C)[C@]3(O)[C@H](C=C(CO)C[C@@]4(O)C(=O)C(C)=C[C@H]34)[C@@H]1C2(C)C. The molecule has 0 bridgehead atoms. The first-order chi connectivity index (χ1) is 17.9. The van der Waals surface area contributed by atoms with E-state index < -0.39 is 28.6 Å². The van der Waals surface area contributed by atoms with E-state index >= 15 is 0 Å². The molecule has 0 unspecified atom stereocenters. The Morgan fingerprint density at radius 3 is 2.24 bits per heavy atom. The van der Waals surface area contributed by atoms with Crippen LogP contribution < -0.4 is 0 Å². The fraction of sp³-hybridized carbons (Fsp3) is 0.812. The van der Waals surface area contributed by atoms with Crippen LogP contribution in [0.3, 0.4) is 0 Å². The highest BCUT2D eigenvalue weighted by molar-refractivity contribution is 6.04. The van der Waals surface area contributed by atoms with Crippen molar-refractivity contribution in [1.29, 1.82) is 0 Å². The van der Waals surface area contributed by atoms with Crippen molar-refractivity contribution >= 4 is 11.8 Å². The summed E-state index contributed by atoms with van der Waals surface area (Å²) in [5.74, 6) is -2.25. The van der Waals surface area contributed by atoms with E-state index in [0.29, 0.717) is 24.0 Å². The van der Waals surface area contributed by atoms with Gasteiger partial charge in [0, 0.05) is 36.0 Å². The highest BCUT2D eigenvalue weighted by atomic mass is 16.6. The molecular weight excluding hydrogens is 480 g/mol. The summed E-state index contributed by atoms with van der Waals surface area (Å²) in [7, 11) is 0. The van der Waals surface area contributed by atoms with Crippen molar-refractivity contribution in [2.75, 3.05) is 6.61 Å². The molecule has 4 rings (SSSR count). The largest absolute Gasteiger partial charge is 0.458 e. The number of Topliss-reactive ketones (excluding diaryl/α,β-unsaturated/α-hetero) is 1. The molecule has 0 amide bonds. The first kappa shape index (κ1) is 29.5. The molecular formula is C32H50O6. The normalized spacial score (nSPS) is 38.9. The summed E-state index contributed by atoms with van der Waals surface area (Å²) in [6.07, 6.45) is 15.2. The quantitative estimate of drug-likeness (QED) is 0.177. The summed E-state index contributed by atoms with van der Waals surface area (Å²) >= 11 is 0. The average molecular weight is 531 g/mol. The Labute approximate surface area is 228 Å². The van der Waals surface area contributed by atoms with Gasteiger partial charge in [-0.2, -0.15) is 0 Å². The molecule has 4 aliphatic carbocycles. The van der Waals surface area contributed by atoms with Crippen LogP contribution in [-0.4, -0.2) is 50.5 Å². The molecule has 7 atom stereocenters. The molecule has 3 N–H and O–H groups in total. The number of hydrogen-bond donors (Lipinski definition) is 3. The highest BCUT2D eigenvalue weighted by Gasteiger charge is 2.83. The maximum Gasteiger partial charge on any atom is 0.306 e. The third-order valence-electron chi connectivity index (χ3n) is 10.7. The summed E-state index contributed by atoms with van der Waals surface area (Å²) in [5.41, 5.74) is -3.20. The van der Waals surface area contributed by atoms with E-state index in [9.17, 15) is 24.9 Å². The summed E-state index contributed by atoms with van der Waals surface area (Å²) in [5, 5.41) is 34.1. The highest BCUT2D eigenvalue weighted by Crippen LogP contribution is 2.76. The van der Waals surface area contributed by atoms with Gasteiger partial charge in [0.05, 0.1) is 12.2 Å². The lowest BCUT2D eigenvalue weighted by Crippen LogP contribution is -2.61. The number of rotatable bonds is 12. The monoisotopic (exact) mass is 530 g/mol. The first-order valence-electron chi connectivity index (χ1n) is 15.1. The second-order valence-electron chi connectivity index (χ2n) is 13.4. The predicted octanol–water partition coefficient (Wildman–Crippen LogP) is 5.43. The number of fused-ring (bicyclic) bond motifs is 5. The van der Waals surface area contributed by atoms with Crippen molar-refractivity contribution in [2.45, 2.75) is 128 Å². The number of hydrogen-bond acceptors (Lipinski definition) is 6. The second kappa shape index (κ2) is 10.8. The Morgan fingerprint density at radius 2 is 1.63 bits per heavy atom. The van der Waals surface area contributed by atoms with Crippen molar-refractivity contribution in [2.24, 2.45) is 29.1 Å². The van der Waals surface area contributed by atoms with Crippen molar-refractivity contribution < 1.29 is 29.6 Å². The number of carbonyl (C=O) groups is 2. The van der Waals surface area contributed by atoms with Crippen LogP contribution in [0.2, 0.25) is 0 Å². The molecule has 6 heteroatoms. The minimum Gasteiger partial charge on any atom is -0.458 e. The summed E-state index contributed by atoms with van der Waals surface area (Å²) in [6.45, 7) is 9.74. The lowest BCUT2D eigenvalue weighted by molar-refractivity contribution is -0.187. The smallest absolute Gasteiger partial charge is 0.306 e. The van der Waals surface area contributed by atoms with Crippen molar-refractivity contribution in [3.05, 3.63) is 23.3 Å². The van der Waals surface area contributed by atoms with Crippen molar-refractivity contribution in [3.63, 3.8) is 0 Å². The predicted molar refractivity (Wildman–Crippen MR) is 147 cm³/mol. The van der Waals surface area contributed by atoms with E-state index in [1.165, 1.54) is 38.5 Å². The number of esters is 1. The number of aliphatic hydroxyl groups excluding tert-OH is 1. The third-order valence-corrected chi connectivity index (χ3v) is 10.7. The third kappa shape index (κ3) is 4.62. The fourth-order valence-electron chi connectivity index (χ4n) is 8.43. The lowest BCUT2D eigenvalue weighted by atomic mass is 9.60. The molecule has 0 heterocycles. The van der Waals surface area contributed by atoms with E-state index in [-0.39, 0.29) is 42.0 Å². The molecule has 6 nitrogen and oxygen atoms in total. The van der Waals surface area contributed by atoms with Gasteiger partial charge in [-0.25, -0.2) is 0 Å². The molecule has 214 valence electrons. The Balaban J connectivity index is 1.45. The standard InChI is InChI=1S/C32H50O6/c1-6-7-8-9-10-11-12-13-14-15-26(34)38-31-18-22(3)32(37)24(27(31)29(31,4)5)17-23(20-33)19-30(36)25(32)16-21(2)28(30)35/h16-17,22,24-25,27,33,36-37H,6-15,18-20H2,1-5H3/t22-,24+,25-,27+,30-,31-,32-/m0/s1. The van der Waals surface area contributed by atoms with E-state index in [1.807, 2.05) is 13.0 Å². The minimum atomic E-state index is -1.76. The molecule has 38 heavy (non-hydrogen) atoms. The zero-order valence-corrected chi connectivity index (χ0v) is 24.2. The molecule has 4 aliphatic rings. The van der Waals surface area contributed by atoms with Gasteiger partial charge in [-0.05, 0) is 36.8 Å². The van der Waals surface area contributed by atoms with Crippen molar-refractivity contribution in [1.82, 2.24) is 0 Å². The molecule has 0 radical (unpaired) electrons. The Bertz CT molecular complexity index is 980. The summed E-state index contributed by atoms with van der Waals surface area (Å²) < 4.78 is 6.31. The zero-order chi connectivity index (χ0) is 27.9. The average Bonchev–Trinajstić information content (AvgIpc) is 3.26. The molecule has 0 spiro atoms. The summed E-state index contributed by atoms with van der Waals surface area (Å²) in [4.78, 5) is 26.1. The maximum absolute atomic E-state index is 13.1. The van der Waals surface area contributed by atoms with Gasteiger partial charge in [0.15, 0.2) is 5.78 Å². The van der Waals surface area contributed by atoms with Gasteiger partial charge in [0.25, 0.3) is 0 Å². The van der Waals surface area contributed by atoms with Crippen LogP contribution in [0.5, 0.6) is 0 Å². The molecule has 0 aliphatic heterocycles. The first-order valence-corrected chi connectivity index (χ1v) is 15.1. The number of carbonyl (C=O) groups excluding carboxylic acids is 2. The Morgan fingerprint density at radius 1 is 1.03 bits per heavy atom. The van der Waals surface area contributed by atoms with Crippen LogP contribution in [0, 0.1) is 29.1 Å². The number of ether oxygens (including phenoxy) is 1. The molecule has 2 fully saturated rings. The van der Waals surface area contributed by atoms with Crippen LogP contribution in [-0.2, 0) is 14.3 Å². The summed E-state index contributed by atoms with van der Waals surface area (Å²) in [6, 6.07) is 0. The number of unbranched alkanes of at least 4 members (excludes halogenated alkanes) is 8. The van der Waals surface area contributed by atoms with Gasteiger partial charge in [-0.3, -0.25) is 9.59 Å². The van der Waals surface area contributed by atoms with Gasteiger partial charge in [-0.15, -0.1) is 0 Å². The van der Waals surface area contributed by atoms with Gasteiger partial charge in [0.1, 0.15) is 11.2 Å². The zero-order valence-electron chi connectivity index (χ0n) is 24.2. The molecule has 0 aromatic carbocycles. The molecule has 0 aromatic rings. The van der Waals surface area contributed by atoms with E-state index in [1.54, 1.807) is 13.0 Å². The van der Waals surface area contributed by atoms with Gasteiger partial charge in [0.2, 0.25) is 0 Å². The number of aliphatic hydroxyl groups is 3. The number of ketones is 1. The van der Waals surface area contributed by atoms with E-state index in [4.69, 9.17) is 4.74 Å². The van der Waals surface area contributed by atoms with Gasteiger partial charge < -0.3 is 20.1 Å². The van der Waals surface area contributed by atoms with Gasteiger partial charge in [-0.1, -0.05) is 91.2 Å². The minimum absolute atomic E-state index is 0.00487. The van der Waals surface area contributed by atoms with Crippen LogP contribution in [0.4, 0.5) is 0 Å². The van der Waals surface area contributed by atoms with Gasteiger partial charge >= 0.3 is 5.97 Å². The second-order valence-corrected chi connectivity index (χ2v) is 13.4. The molecule has 0 saturated heterocycles. The van der Waals surface area contributed by atoms with E-state index in [2.05, 4.69) is 20.8 Å². The van der Waals surface area contributed by atoms with E-state index in [0.717, 1.165) is 19.3 Å². The van der Waals surface area contributed by atoms with Crippen LogP contribution in [0.25, 0.3) is 0 Å². The van der Waals surface area contributed by atoms with Crippen LogP contribution in [0.15, 0.2) is 23.3 Å². The molecule has 2 saturated carbocycles. The van der Waals surface area contributed by atoms with Crippen LogP contribution >= 0.6 is 0 Å². The Kier molecular flexibility index (Phi) is 8.39. The lowest BCUT2D eigenvalue weighted by Gasteiger charge is -2.50.